The second-order valence-electron chi connectivity index (χ2n) is 7.48. The molecule has 2 aromatic rings. The number of amides is 2. The number of nitrogens with one attached hydrogen (secondary N) is 1. The standard InChI is InChI=1S/C24H28N2O5/c1-3-21(27)26-15-7-10-18(16-26)24(29)31-22(17-8-5-4-6-9-17)23(28)25-19-11-13-20(30-2)14-12-19/h4-6,8-9,11-14,18,22H,3,7,10,15-16H2,1-2H3,(H,25,28)/t18-,22+/m1/s1. The van der Waals surface area contributed by atoms with E-state index in [1.165, 1.54) is 0 Å². The Kier molecular flexibility index (Phi) is 7.65. The molecule has 1 fully saturated rings. The van der Waals surface area contributed by atoms with Gasteiger partial charge >= 0.3 is 5.97 Å². The van der Waals surface area contributed by atoms with Crippen LogP contribution in [0.5, 0.6) is 5.75 Å². The molecule has 1 aliphatic heterocycles. The maximum absolute atomic E-state index is 13.0. The molecule has 31 heavy (non-hydrogen) atoms. The Labute approximate surface area is 182 Å². The van der Waals surface area contributed by atoms with Crippen molar-refractivity contribution < 1.29 is 23.9 Å². The van der Waals surface area contributed by atoms with Gasteiger partial charge in [-0.15, -0.1) is 0 Å². The molecule has 2 amide bonds. The number of hydrogen-bond donors (Lipinski definition) is 1. The monoisotopic (exact) mass is 424 g/mol. The summed E-state index contributed by atoms with van der Waals surface area (Å²) in [6, 6.07) is 15.8. The van der Waals surface area contributed by atoms with Gasteiger partial charge in [-0.25, -0.2) is 0 Å². The number of benzene rings is 2. The predicted molar refractivity (Wildman–Crippen MR) is 116 cm³/mol. The molecule has 0 saturated carbocycles. The Hall–Kier alpha value is -3.35. The molecule has 1 heterocycles. The molecule has 0 bridgehead atoms. The number of piperidine rings is 1. The summed E-state index contributed by atoms with van der Waals surface area (Å²) in [5.41, 5.74) is 1.15. The van der Waals surface area contributed by atoms with Crippen molar-refractivity contribution >= 4 is 23.5 Å². The number of nitrogens with zero attached hydrogens (tertiary/aromatic N) is 1. The highest BCUT2D eigenvalue weighted by Crippen LogP contribution is 2.25. The maximum atomic E-state index is 13.0. The lowest BCUT2D eigenvalue weighted by atomic mass is 9.97. The molecule has 0 aliphatic carbocycles. The van der Waals surface area contributed by atoms with Crippen molar-refractivity contribution in [3.05, 3.63) is 60.2 Å². The molecule has 3 rings (SSSR count). The Morgan fingerprint density at radius 3 is 2.45 bits per heavy atom. The second-order valence-corrected chi connectivity index (χ2v) is 7.48. The molecule has 1 saturated heterocycles. The largest absolute Gasteiger partial charge is 0.497 e. The summed E-state index contributed by atoms with van der Waals surface area (Å²) in [4.78, 5) is 39.7. The van der Waals surface area contributed by atoms with Gasteiger partial charge < -0.3 is 19.7 Å². The van der Waals surface area contributed by atoms with Crippen LogP contribution in [-0.2, 0) is 19.1 Å². The minimum absolute atomic E-state index is 0.0226. The molecule has 0 unspecified atom stereocenters. The molecule has 0 spiro atoms. The summed E-state index contributed by atoms with van der Waals surface area (Å²) >= 11 is 0. The fourth-order valence-electron chi connectivity index (χ4n) is 3.61. The van der Waals surface area contributed by atoms with E-state index in [2.05, 4.69) is 5.32 Å². The van der Waals surface area contributed by atoms with E-state index in [-0.39, 0.29) is 5.91 Å². The summed E-state index contributed by atoms with van der Waals surface area (Å²) in [7, 11) is 1.57. The number of carbonyl (C=O) groups excluding carboxylic acids is 3. The van der Waals surface area contributed by atoms with Gasteiger partial charge in [0.1, 0.15) is 5.75 Å². The third-order valence-corrected chi connectivity index (χ3v) is 5.34. The van der Waals surface area contributed by atoms with Crippen LogP contribution in [0.15, 0.2) is 54.6 Å². The van der Waals surface area contributed by atoms with E-state index in [9.17, 15) is 14.4 Å². The van der Waals surface area contributed by atoms with Crippen LogP contribution in [0.1, 0.15) is 37.9 Å². The zero-order valence-corrected chi connectivity index (χ0v) is 17.9. The molecule has 7 heteroatoms. The van der Waals surface area contributed by atoms with Crippen LogP contribution in [-0.4, -0.2) is 42.9 Å². The molecule has 1 aliphatic rings. The molecule has 2 aromatic carbocycles. The molecular formula is C24H28N2O5. The maximum Gasteiger partial charge on any atom is 0.311 e. The summed E-state index contributed by atoms with van der Waals surface area (Å²) < 4.78 is 10.8. The van der Waals surface area contributed by atoms with Crippen LogP contribution in [0.4, 0.5) is 5.69 Å². The van der Waals surface area contributed by atoms with Crippen LogP contribution in [0.3, 0.4) is 0 Å². The topological polar surface area (TPSA) is 84.9 Å². The van der Waals surface area contributed by atoms with Crippen molar-refractivity contribution in [3.8, 4) is 5.75 Å². The quantitative estimate of drug-likeness (QED) is 0.687. The lowest BCUT2D eigenvalue weighted by molar-refractivity contribution is -0.161. The summed E-state index contributed by atoms with van der Waals surface area (Å²) in [6.07, 6.45) is 0.680. The van der Waals surface area contributed by atoms with E-state index >= 15 is 0 Å². The van der Waals surface area contributed by atoms with Crippen LogP contribution in [0.2, 0.25) is 0 Å². The molecule has 2 atom stereocenters. The smallest absolute Gasteiger partial charge is 0.311 e. The van der Waals surface area contributed by atoms with Crippen LogP contribution in [0, 0.1) is 5.92 Å². The zero-order chi connectivity index (χ0) is 22.2. The van der Waals surface area contributed by atoms with Crippen LogP contribution >= 0.6 is 0 Å². The minimum atomic E-state index is -1.09. The van der Waals surface area contributed by atoms with Crippen molar-refractivity contribution in [3.63, 3.8) is 0 Å². The average molecular weight is 424 g/mol. The highest BCUT2D eigenvalue weighted by Gasteiger charge is 2.33. The summed E-state index contributed by atoms with van der Waals surface area (Å²) in [5.74, 6) is -0.652. The highest BCUT2D eigenvalue weighted by molar-refractivity contribution is 5.96. The van der Waals surface area contributed by atoms with Crippen LogP contribution in [0.25, 0.3) is 0 Å². The number of ether oxygens (including phenoxy) is 2. The third kappa shape index (κ3) is 5.84. The molecular weight excluding hydrogens is 396 g/mol. The Morgan fingerprint density at radius 1 is 1.10 bits per heavy atom. The van der Waals surface area contributed by atoms with E-state index in [4.69, 9.17) is 9.47 Å². The Bertz CT molecular complexity index is 898. The minimum Gasteiger partial charge on any atom is -0.497 e. The van der Waals surface area contributed by atoms with Crippen molar-refractivity contribution in [1.82, 2.24) is 4.90 Å². The van der Waals surface area contributed by atoms with Gasteiger partial charge in [-0.1, -0.05) is 37.3 Å². The number of esters is 1. The van der Waals surface area contributed by atoms with Gasteiger partial charge in [0.05, 0.1) is 13.0 Å². The van der Waals surface area contributed by atoms with E-state index in [1.807, 2.05) is 6.07 Å². The SMILES string of the molecule is CCC(=O)N1CCC[C@@H](C(=O)O[C@H](C(=O)Nc2ccc(OC)cc2)c2ccccc2)C1. The fraction of sp³-hybridized carbons (Fsp3) is 0.375. The number of rotatable bonds is 7. The van der Waals surface area contributed by atoms with E-state index in [0.29, 0.717) is 42.9 Å². The molecule has 0 radical (unpaired) electrons. The van der Waals surface area contributed by atoms with Gasteiger partial charge in [0.25, 0.3) is 5.91 Å². The Balaban J connectivity index is 1.73. The predicted octanol–water partition coefficient (Wildman–Crippen LogP) is 3.57. The van der Waals surface area contributed by atoms with Crippen LogP contribution < -0.4 is 10.1 Å². The second kappa shape index (κ2) is 10.6. The number of hydrogen-bond acceptors (Lipinski definition) is 5. The Morgan fingerprint density at radius 2 is 1.81 bits per heavy atom. The van der Waals surface area contributed by atoms with Gasteiger partial charge in [0.15, 0.2) is 0 Å². The highest BCUT2D eigenvalue weighted by atomic mass is 16.5. The van der Waals surface area contributed by atoms with E-state index < -0.39 is 23.9 Å². The van der Waals surface area contributed by atoms with Gasteiger partial charge in [-0.05, 0) is 37.1 Å². The average Bonchev–Trinajstić information content (AvgIpc) is 2.82. The molecule has 7 nitrogen and oxygen atoms in total. The lowest BCUT2D eigenvalue weighted by Crippen LogP contribution is -2.43. The van der Waals surface area contributed by atoms with Crippen molar-refractivity contribution in [1.29, 1.82) is 0 Å². The first kappa shape index (κ1) is 22.3. The number of anilines is 1. The van der Waals surface area contributed by atoms with Gasteiger partial charge in [0, 0.05) is 30.8 Å². The van der Waals surface area contributed by atoms with Gasteiger partial charge in [-0.3, -0.25) is 14.4 Å². The first-order chi connectivity index (χ1) is 15.0. The number of methoxy groups -OCH3 is 1. The fourth-order valence-corrected chi connectivity index (χ4v) is 3.61. The van der Waals surface area contributed by atoms with Crippen molar-refractivity contribution in [2.75, 3.05) is 25.5 Å². The lowest BCUT2D eigenvalue weighted by Gasteiger charge is -2.32. The van der Waals surface area contributed by atoms with Crippen molar-refractivity contribution in [2.45, 2.75) is 32.3 Å². The van der Waals surface area contributed by atoms with Gasteiger partial charge in [0.2, 0.25) is 12.0 Å². The third-order valence-electron chi connectivity index (χ3n) is 5.34. The van der Waals surface area contributed by atoms with Crippen molar-refractivity contribution in [2.24, 2.45) is 5.92 Å². The van der Waals surface area contributed by atoms with Gasteiger partial charge in [-0.2, -0.15) is 0 Å². The van der Waals surface area contributed by atoms with E-state index in [0.717, 1.165) is 6.42 Å². The molecule has 1 N–H and O–H groups in total. The first-order valence-electron chi connectivity index (χ1n) is 10.5. The van der Waals surface area contributed by atoms with E-state index in [1.54, 1.807) is 67.5 Å². The number of carbonyl (C=O) groups is 3. The zero-order valence-electron chi connectivity index (χ0n) is 17.9. The summed E-state index contributed by atoms with van der Waals surface area (Å²) in [6.45, 7) is 2.78. The summed E-state index contributed by atoms with van der Waals surface area (Å²) in [5, 5.41) is 2.80. The number of likely N-dealkylation sites (tertiary alicyclic amines) is 1. The normalized spacial score (nSPS) is 16.8. The first-order valence-corrected chi connectivity index (χ1v) is 10.5. The molecule has 164 valence electrons. The molecule has 0 aromatic heterocycles.